The van der Waals surface area contributed by atoms with Gasteiger partial charge in [-0.05, 0) is 47.2 Å². The number of rotatable bonds is 7. The maximum absolute atomic E-state index is 13.6. The van der Waals surface area contributed by atoms with Crippen LogP contribution in [0.25, 0.3) is 0 Å². The van der Waals surface area contributed by atoms with Gasteiger partial charge in [0.1, 0.15) is 0 Å². The Morgan fingerprint density at radius 1 is 1.10 bits per heavy atom. The summed E-state index contributed by atoms with van der Waals surface area (Å²) in [7, 11) is 1.62. The van der Waals surface area contributed by atoms with Crippen LogP contribution in [-0.2, 0) is 16.0 Å². The topological polar surface area (TPSA) is 58.6 Å². The molecule has 1 aliphatic heterocycles. The first-order chi connectivity index (χ1) is 15.1. The van der Waals surface area contributed by atoms with Gasteiger partial charge in [0.2, 0.25) is 5.91 Å². The molecular formula is C25H26N2O3S. The number of nitrogens with zero attached hydrogens (tertiary/aromatic N) is 1. The van der Waals surface area contributed by atoms with E-state index >= 15 is 0 Å². The molecule has 2 heterocycles. The Morgan fingerprint density at radius 2 is 1.87 bits per heavy atom. The number of anilines is 1. The summed E-state index contributed by atoms with van der Waals surface area (Å²) >= 11 is 1.56. The van der Waals surface area contributed by atoms with Gasteiger partial charge in [0, 0.05) is 29.8 Å². The summed E-state index contributed by atoms with van der Waals surface area (Å²) in [6.07, 6.45) is 0.946. The summed E-state index contributed by atoms with van der Waals surface area (Å²) < 4.78 is 5.27. The van der Waals surface area contributed by atoms with Crippen molar-refractivity contribution in [1.82, 2.24) is 4.90 Å². The minimum Gasteiger partial charge on any atom is -0.383 e. The lowest BCUT2D eigenvalue weighted by Crippen LogP contribution is -2.47. The van der Waals surface area contributed by atoms with Crippen molar-refractivity contribution in [2.24, 2.45) is 0 Å². The summed E-state index contributed by atoms with van der Waals surface area (Å²) in [5.41, 5.74) is 3.31. The van der Waals surface area contributed by atoms with Crippen molar-refractivity contribution in [3.8, 4) is 0 Å². The van der Waals surface area contributed by atoms with Crippen LogP contribution in [0.3, 0.4) is 0 Å². The third-order valence-corrected chi connectivity index (χ3v) is 6.66. The van der Waals surface area contributed by atoms with Crippen LogP contribution in [-0.4, -0.2) is 37.0 Å². The third kappa shape index (κ3) is 4.27. The van der Waals surface area contributed by atoms with Gasteiger partial charge in [-0.2, -0.15) is 0 Å². The van der Waals surface area contributed by atoms with Gasteiger partial charge in [0.05, 0.1) is 18.6 Å². The first-order valence-electron chi connectivity index (χ1n) is 10.5. The summed E-state index contributed by atoms with van der Waals surface area (Å²) in [5.74, 6) is -0.706. The van der Waals surface area contributed by atoms with E-state index in [2.05, 4.69) is 12.2 Å². The number of methoxy groups -OCH3 is 1. The molecule has 2 aromatic carbocycles. The van der Waals surface area contributed by atoms with E-state index in [1.165, 1.54) is 5.56 Å². The molecule has 0 radical (unpaired) electrons. The molecular weight excluding hydrogens is 408 g/mol. The van der Waals surface area contributed by atoms with Crippen molar-refractivity contribution in [3.05, 3.63) is 87.6 Å². The number of carbonyl (C=O) groups is 2. The zero-order valence-corrected chi connectivity index (χ0v) is 18.5. The predicted molar refractivity (Wildman–Crippen MR) is 124 cm³/mol. The minimum absolute atomic E-state index is 0.0672. The van der Waals surface area contributed by atoms with E-state index in [9.17, 15) is 9.59 Å². The monoisotopic (exact) mass is 434 g/mol. The molecule has 0 aliphatic carbocycles. The molecule has 0 spiro atoms. The van der Waals surface area contributed by atoms with E-state index < -0.39 is 5.92 Å². The van der Waals surface area contributed by atoms with Crippen molar-refractivity contribution in [3.63, 3.8) is 0 Å². The Kier molecular flexibility index (Phi) is 6.49. The average Bonchev–Trinajstić information content (AvgIpc) is 3.33. The molecule has 6 heteroatoms. The summed E-state index contributed by atoms with van der Waals surface area (Å²) in [5, 5.41) is 5.06. The fourth-order valence-corrected chi connectivity index (χ4v) is 5.00. The number of nitrogens with one attached hydrogen (secondary N) is 1. The number of ether oxygens (including phenoxy) is 1. The Bertz CT molecular complexity index is 1050. The largest absolute Gasteiger partial charge is 0.383 e. The fourth-order valence-electron chi connectivity index (χ4n) is 4.13. The lowest BCUT2D eigenvalue weighted by atomic mass is 9.81. The van der Waals surface area contributed by atoms with E-state index in [0.717, 1.165) is 22.5 Å². The number of hydrogen-bond acceptors (Lipinski definition) is 4. The summed E-state index contributed by atoms with van der Waals surface area (Å²) in [6, 6.07) is 18.9. The lowest BCUT2D eigenvalue weighted by molar-refractivity contribution is -0.119. The molecule has 0 saturated heterocycles. The molecule has 5 nitrogen and oxygen atoms in total. The van der Waals surface area contributed by atoms with Crippen LogP contribution in [0.1, 0.15) is 45.2 Å². The van der Waals surface area contributed by atoms with Crippen molar-refractivity contribution < 1.29 is 14.3 Å². The second-order valence-corrected chi connectivity index (χ2v) is 8.54. The maximum Gasteiger partial charge on any atom is 0.254 e. The van der Waals surface area contributed by atoms with E-state index in [-0.39, 0.29) is 17.9 Å². The Balaban J connectivity index is 1.76. The molecule has 160 valence electrons. The first kappa shape index (κ1) is 21.3. The quantitative estimate of drug-likeness (QED) is 0.577. The Labute approximate surface area is 186 Å². The number of benzene rings is 2. The van der Waals surface area contributed by atoms with Crippen molar-refractivity contribution >= 4 is 28.8 Å². The normalized spacial score (nSPS) is 18.0. The Morgan fingerprint density at radius 3 is 2.55 bits per heavy atom. The van der Waals surface area contributed by atoms with Gasteiger partial charge in [-0.15, -0.1) is 11.3 Å². The minimum atomic E-state index is -0.518. The third-order valence-electron chi connectivity index (χ3n) is 5.72. The smallest absolute Gasteiger partial charge is 0.254 e. The molecule has 0 fully saturated rings. The molecule has 0 saturated carbocycles. The van der Waals surface area contributed by atoms with Crippen LogP contribution in [0.4, 0.5) is 5.69 Å². The zero-order chi connectivity index (χ0) is 21.8. The van der Waals surface area contributed by atoms with Gasteiger partial charge in [-0.3, -0.25) is 9.59 Å². The molecule has 1 N–H and O–H groups in total. The Hall–Kier alpha value is -2.96. The van der Waals surface area contributed by atoms with Gasteiger partial charge in [-0.25, -0.2) is 0 Å². The van der Waals surface area contributed by atoms with Crippen LogP contribution < -0.4 is 5.32 Å². The highest BCUT2D eigenvalue weighted by Gasteiger charge is 2.44. The van der Waals surface area contributed by atoms with Gasteiger partial charge in [0.15, 0.2) is 0 Å². The van der Waals surface area contributed by atoms with Crippen LogP contribution in [0.5, 0.6) is 0 Å². The number of hydrogen-bond donors (Lipinski definition) is 1. The zero-order valence-electron chi connectivity index (χ0n) is 17.7. The van der Waals surface area contributed by atoms with Gasteiger partial charge < -0.3 is 15.0 Å². The molecule has 0 bridgehead atoms. The molecule has 2 atom stereocenters. The lowest BCUT2D eigenvalue weighted by Gasteiger charge is -2.41. The molecule has 2 amide bonds. The van der Waals surface area contributed by atoms with Crippen molar-refractivity contribution in [2.75, 3.05) is 25.6 Å². The van der Waals surface area contributed by atoms with E-state index in [0.29, 0.717) is 18.7 Å². The highest BCUT2D eigenvalue weighted by Crippen LogP contribution is 2.44. The summed E-state index contributed by atoms with van der Waals surface area (Å²) in [4.78, 5) is 29.8. The van der Waals surface area contributed by atoms with Crippen LogP contribution in [0.2, 0.25) is 0 Å². The molecule has 31 heavy (non-hydrogen) atoms. The van der Waals surface area contributed by atoms with E-state index in [4.69, 9.17) is 4.74 Å². The molecule has 0 unspecified atom stereocenters. The van der Waals surface area contributed by atoms with Crippen LogP contribution in [0, 0.1) is 0 Å². The highest BCUT2D eigenvalue weighted by atomic mass is 32.1. The molecule has 3 aromatic rings. The second kappa shape index (κ2) is 9.45. The van der Waals surface area contributed by atoms with E-state index in [1.54, 1.807) is 29.4 Å². The average molecular weight is 435 g/mol. The molecule has 1 aromatic heterocycles. The van der Waals surface area contributed by atoms with Crippen molar-refractivity contribution in [2.45, 2.75) is 25.3 Å². The van der Waals surface area contributed by atoms with Gasteiger partial charge in [0.25, 0.3) is 5.91 Å². The molecule has 4 rings (SSSR count). The standard InChI is InChI=1S/C25H26N2O3S/c1-3-17-10-12-18(13-11-17)26-24(28)22-19-7-4-5-8-20(19)25(29)27(14-15-30-2)23(22)21-9-6-16-31-21/h4-13,16,22-23H,3,14-15H2,1-2H3,(H,26,28)/t22-,23-/m1/s1. The number of thiophene rings is 1. The number of amides is 2. The van der Waals surface area contributed by atoms with Crippen molar-refractivity contribution in [1.29, 1.82) is 0 Å². The van der Waals surface area contributed by atoms with E-state index in [1.807, 2.05) is 60.0 Å². The highest BCUT2D eigenvalue weighted by molar-refractivity contribution is 7.10. The van der Waals surface area contributed by atoms with Gasteiger partial charge in [-0.1, -0.05) is 43.3 Å². The number of fused-ring (bicyclic) bond motifs is 1. The van der Waals surface area contributed by atoms with Crippen LogP contribution in [0.15, 0.2) is 66.0 Å². The van der Waals surface area contributed by atoms with Crippen LogP contribution >= 0.6 is 11.3 Å². The fraction of sp³-hybridized carbons (Fsp3) is 0.280. The number of aryl methyl sites for hydroxylation is 1. The second-order valence-electron chi connectivity index (χ2n) is 7.56. The number of carbonyl (C=O) groups excluding carboxylic acids is 2. The van der Waals surface area contributed by atoms with Gasteiger partial charge >= 0.3 is 0 Å². The first-order valence-corrected chi connectivity index (χ1v) is 11.3. The molecule has 1 aliphatic rings. The summed E-state index contributed by atoms with van der Waals surface area (Å²) in [6.45, 7) is 2.92. The predicted octanol–water partition coefficient (Wildman–Crippen LogP) is 4.88. The maximum atomic E-state index is 13.6. The SMILES string of the molecule is CCc1ccc(NC(=O)[C@@H]2c3ccccc3C(=O)N(CCOC)[C@@H]2c2cccs2)cc1.